The van der Waals surface area contributed by atoms with Gasteiger partial charge in [0.05, 0.1) is 0 Å². The molecule has 4 aromatic rings. The second kappa shape index (κ2) is 10.1. The van der Waals surface area contributed by atoms with Crippen LogP contribution in [0, 0.1) is 27.7 Å². The quantitative estimate of drug-likeness (QED) is 0.265. The Morgan fingerprint density at radius 3 is 1.47 bits per heavy atom. The molecular weight excluding hydrogens is 487 g/mol. The van der Waals surface area contributed by atoms with Crippen molar-refractivity contribution in [1.29, 1.82) is 0 Å². The topological polar surface area (TPSA) is 57.5 Å². The van der Waals surface area contributed by atoms with Crippen molar-refractivity contribution in [1.82, 2.24) is 0 Å². The van der Waals surface area contributed by atoms with Crippen molar-refractivity contribution in [3.63, 3.8) is 0 Å². The predicted octanol–water partition coefficient (Wildman–Crippen LogP) is 7.57. The van der Waals surface area contributed by atoms with Crippen LogP contribution in [0.5, 0.6) is 11.5 Å². The van der Waals surface area contributed by atoms with Crippen molar-refractivity contribution in [3.8, 4) is 11.5 Å². The summed E-state index contributed by atoms with van der Waals surface area (Å²) in [7, 11) is -2.99. The lowest BCUT2D eigenvalue weighted by atomic mass is 9.64. The molecule has 4 heteroatoms. The van der Waals surface area contributed by atoms with E-state index < -0.39 is 12.6 Å². The minimum Gasteiger partial charge on any atom is -0.507 e. The van der Waals surface area contributed by atoms with Gasteiger partial charge in [0.2, 0.25) is 0 Å². The Morgan fingerprint density at radius 1 is 0.684 bits per heavy atom. The van der Waals surface area contributed by atoms with Crippen molar-refractivity contribution in [3.05, 3.63) is 118 Å². The molecule has 0 saturated heterocycles. The minimum atomic E-state index is -2.99. The molecule has 0 spiro atoms. The molecule has 0 radical (unpaired) electrons. The van der Waals surface area contributed by atoms with Crippen LogP contribution in [0.1, 0.15) is 59.1 Å². The molecule has 1 fully saturated rings. The zero-order chi connectivity index (χ0) is 27.1. The van der Waals surface area contributed by atoms with Gasteiger partial charge in [-0.3, -0.25) is 0 Å². The average molecular weight is 525 g/mol. The molecule has 0 amide bonds. The number of phenolic OH excluding ortho intramolecular Hbond substituents is 2. The minimum absolute atomic E-state index is 0.0510. The largest absolute Gasteiger partial charge is 0.507 e. The molecule has 1 atom stereocenters. The van der Waals surface area contributed by atoms with Crippen LogP contribution in [0.3, 0.4) is 0 Å². The SMILES string of the molecule is Cc1cc(C2(c3cc(C)c(O)c(C)c3)CCCC(P(=O)(c3ccccc3)c3ccccc3)C2)cc(C)c1O. The highest BCUT2D eigenvalue weighted by molar-refractivity contribution is 7.79. The molecule has 3 nitrogen and oxygen atoms in total. The number of aryl methyl sites for hydroxylation is 4. The zero-order valence-electron chi connectivity index (χ0n) is 22.7. The van der Waals surface area contributed by atoms with E-state index in [2.05, 4.69) is 24.3 Å². The first-order valence-electron chi connectivity index (χ1n) is 13.5. The highest BCUT2D eigenvalue weighted by Gasteiger charge is 2.47. The first-order valence-corrected chi connectivity index (χ1v) is 15.3. The van der Waals surface area contributed by atoms with Gasteiger partial charge >= 0.3 is 0 Å². The first kappa shape index (κ1) is 26.3. The fourth-order valence-corrected chi connectivity index (χ4v) is 10.1. The number of phenols is 2. The van der Waals surface area contributed by atoms with Crippen molar-refractivity contribution in [2.75, 3.05) is 0 Å². The molecule has 1 unspecified atom stereocenters. The Labute approximate surface area is 226 Å². The van der Waals surface area contributed by atoms with Crippen LogP contribution in [-0.4, -0.2) is 15.9 Å². The molecule has 2 N–H and O–H groups in total. The van der Waals surface area contributed by atoms with Gasteiger partial charge in [0.25, 0.3) is 0 Å². The number of rotatable bonds is 5. The van der Waals surface area contributed by atoms with Crippen LogP contribution < -0.4 is 10.6 Å². The maximum Gasteiger partial charge on any atom is 0.146 e. The van der Waals surface area contributed by atoms with Crippen LogP contribution in [-0.2, 0) is 9.98 Å². The Bertz CT molecular complexity index is 1360. The standard InChI is InChI=1S/C34H37O3P/c1-23-18-27(19-24(2)32(23)35)34(28-20-25(3)33(36)26(4)21-28)17-11-16-31(22-34)38(37,29-12-7-5-8-13-29)30-14-9-6-10-15-30/h5-10,12-15,18-21,31,35-36H,11,16-17,22H2,1-4H3. The zero-order valence-corrected chi connectivity index (χ0v) is 23.6. The molecular formula is C34H37O3P. The fraction of sp³-hybridized carbons (Fsp3) is 0.294. The Balaban J connectivity index is 1.75. The second-order valence-electron chi connectivity index (χ2n) is 11.1. The van der Waals surface area contributed by atoms with Gasteiger partial charge in [0.15, 0.2) is 0 Å². The molecule has 1 saturated carbocycles. The van der Waals surface area contributed by atoms with E-state index in [1.165, 1.54) is 0 Å². The van der Waals surface area contributed by atoms with Crippen LogP contribution in [0.15, 0.2) is 84.9 Å². The van der Waals surface area contributed by atoms with Crippen LogP contribution >= 0.6 is 7.14 Å². The fourth-order valence-electron chi connectivity index (χ4n) is 6.58. The summed E-state index contributed by atoms with van der Waals surface area (Å²) in [4.78, 5) is 0. The van der Waals surface area contributed by atoms with Gasteiger partial charge < -0.3 is 14.8 Å². The highest BCUT2D eigenvalue weighted by Crippen LogP contribution is 2.59. The maximum atomic E-state index is 15.4. The maximum absolute atomic E-state index is 15.4. The third-order valence-electron chi connectivity index (χ3n) is 8.61. The summed E-state index contributed by atoms with van der Waals surface area (Å²) in [5.74, 6) is 0.655. The summed E-state index contributed by atoms with van der Waals surface area (Å²) < 4.78 is 15.4. The van der Waals surface area contributed by atoms with E-state index in [0.29, 0.717) is 11.5 Å². The molecule has 0 aliphatic heterocycles. The number of hydrogen-bond donors (Lipinski definition) is 2. The van der Waals surface area contributed by atoms with Gasteiger partial charge in [-0.05, 0) is 80.3 Å². The Kier molecular flexibility index (Phi) is 7.01. The lowest BCUT2D eigenvalue weighted by molar-refractivity contribution is 0.345. The summed E-state index contributed by atoms with van der Waals surface area (Å²) >= 11 is 0. The molecule has 1 aliphatic carbocycles. The molecule has 38 heavy (non-hydrogen) atoms. The van der Waals surface area contributed by atoms with E-state index in [1.54, 1.807) is 0 Å². The van der Waals surface area contributed by atoms with E-state index in [1.807, 2.05) is 88.4 Å². The van der Waals surface area contributed by atoms with E-state index in [9.17, 15) is 10.2 Å². The van der Waals surface area contributed by atoms with Gasteiger partial charge in [0.1, 0.15) is 18.6 Å². The first-order chi connectivity index (χ1) is 18.2. The van der Waals surface area contributed by atoms with E-state index in [-0.39, 0.29) is 5.66 Å². The molecule has 0 heterocycles. The highest BCUT2D eigenvalue weighted by atomic mass is 31.2. The lowest BCUT2D eigenvalue weighted by Gasteiger charge is -2.45. The molecule has 196 valence electrons. The van der Waals surface area contributed by atoms with Gasteiger partial charge in [-0.15, -0.1) is 0 Å². The summed E-state index contributed by atoms with van der Waals surface area (Å²) in [6, 6.07) is 28.4. The third-order valence-corrected chi connectivity index (χ3v) is 12.2. The Hall–Kier alpha value is -3.29. The molecule has 0 bridgehead atoms. The van der Waals surface area contributed by atoms with Crippen molar-refractivity contribution in [2.24, 2.45) is 0 Å². The van der Waals surface area contributed by atoms with Crippen LogP contribution in [0.2, 0.25) is 0 Å². The summed E-state index contributed by atoms with van der Waals surface area (Å²) in [6.07, 6.45) is 3.46. The summed E-state index contributed by atoms with van der Waals surface area (Å²) in [5, 5.41) is 23.0. The van der Waals surface area contributed by atoms with Crippen LogP contribution in [0.4, 0.5) is 0 Å². The molecule has 5 rings (SSSR count). The number of aromatic hydroxyl groups is 2. The monoisotopic (exact) mass is 524 g/mol. The van der Waals surface area contributed by atoms with Crippen LogP contribution in [0.25, 0.3) is 0 Å². The molecule has 4 aromatic carbocycles. The number of benzene rings is 4. The average Bonchev–Trinajstić information content (AvgIpc) is 2.94. The molecule has 1 aliphatic rings. The second-order valence-corrected chi connectivity index (χ2v) is 14.2. The van der Waals surface area contributed by atoms with Crippen molar-refractivity contribution < 1.29 is 14.8 Å². The Morgan fingerprint density at radius 2 is 1.08 bits per heavy atom. The number of hydrogen-bond acceptors (Lipinski definition) is 3. The van der Waals surface area contributed by atoms with E-state index in [0.717, 1.165) is 69.7 Å². The van der Waals surface area contributed by atoms with Gasteiger partial charge in [-0.2, -0.15) is 0 Å². The van der Waals surface area contributed by atoms with Gasteiger partial charge in [-0.25, -0.2) is 0 Å². The van der Waals surface area contributed by atoms with E-state index >= 15 is 4.57 Å². The molecule has 0 aromatic heterocycles. The van der Waals surface area contributed by atoms with Gasteiger partial charge in [0, 0.05) is 21.7 Å². The normalized spacial score (nSPS) is 17.3. The summed E-state index contributed by atoms with van der Waals surface area (Å²) in [6.45, 7) is 7.80. The van der Waals surface area contributed by atoms with Crippen molar-refractivity contribution in [2.45, 2.75) is 64.5 Å². The van der Waals surface area contributed by atoms with Gasteiger partial charge in [-0.1, -0.05) is 91.3 Å². The third kappa shape index (κ3) is 4.37. The lowest BCUT2D eigenvalue weighted by Crippen LogP contribution is -2.39. The predicted molar refractivity (Wildman–Crippen MR) is 158 cm³/mol. The smallest absolute Gasteiger partial charge is 0.146 e. The van der Waals surface area contributed by atoms with E-state index in [4.69, 9.17) is 0 Å². The summed E-state index contributed by atoms with van der Waals surface area (Å²) in [5.41, 5.74) is 5.25. The van der Waals surface area contributed by atoms with Crippen molar-refractivity contribution >= 4 is 17.8 Å².